The van der Waals surface area contributed by atoms with E-state index in [1.54, 1.807) is 0 Å². The van der Waals surface area contributed by atoms with E-state index in [2.05, 4.69) is 49.4 Å². The lowest BCUT2D eigenvalue weighted by molar-refractivity contribution is 0.569. The molecule has 0 bridgehead atoms. The largest absolute Gasteiger partial charge is 0.724 e. The third kappa shape index (κ3) is 3.04. The molecule has 2 aromatic rings. The van der Waals surface area contributed by atoms with Crippen LogP contribution in [0.4, 0.5) is 0 Å². The Morgan fingerprint density at radius 1 is 1.12 bits per heavy atom. The van der Waals surface area contributed by atoms with Gasteiger partial charge < -0.3 is 5.41 Å². The topological polar surface area (TPSA) is 39.4 Å². The number of rotatable bonds is 2. The molecule has 2 aromatic carbocycles. The number of fused-ring (bicyclic) bond motifs is 1. The molecule has 0 amide bonds. The van der Waals surface area contributed by atoms with E-state index >= 15 is 0 Å². The molecule has 0 aromatic heterocycles. The van der Waals surface area contributed by atoms with Crippen LogP contribution >= 0.6 is 0 Å². The molecule has 0 spiro atoms. The molecule has 0 saturated carbocycles. The summed E-state index contributed by atoms with van der Waals surface area (Å²) in [5, 5.41) is 9.53. The molecule has 16 heavy (non-hydrogen) atoms. The molecule has 0 heterocycles. The Labute approximate surface area is 95.4 Å². The molecule has 0 aliphatic carbocycles. The number of isocyanates is 1. The quantitative estimate of drug-likeness (QED) is 0.552. The van der Waals surface area contributed by atoms with Gasteiger partial charge in [0.25, 0.3) is 0 Å². The summed E-state index contributed by atoms with van der Waals surface area (Å²) in [7, 11) is 0. The van der Waals surface area contributed by atoms with Crippen molar-refractivity contribution in [2.45, 2.75) is 19.8 Å². The van der Waals surface area contributed by atoms with E-state index < -0.39 is 0 Å². The maximum absolute atomic E-state index is 8.24. The molecule has 0 aliphatic heterocycles. The molecule has 0 saturated heterocycles. The highest BCUT2D eigenvalue weighted by Crippen LogP contribution is 2.19. The summed E-state index contributed by atoms with van der Waals surface area (Å²) in [5.41, 5.74) is 1.47. The van der Waals surface area contributed by atoms with Crippen LogP contribution in [0.5, 0.6) is 0 Å². The van der Waals surface area contributed by atoms with Crippen LogP contribution in [0.1, 0.15) is 18.9 Å². The second-order valence-electron chi connectivity index (χ2n) is 3.48. The highest BCUT2D eigenvalue weighted by Gasteiger charge is 1.97. The minimum atomic E-state index is 0.500. The number of aryl methyl sites for hydroxylation is 1. The van der Waals surface area contributed by atoms with Crippen LogP contribution in [-0.4, -0.2) is 6.08 Å². The van der Waals surface area contributed by atoms with Gasteiger partial charge in [-0.1, -0.05) is 55.8 Å². The lowest BCUT2D eigenvalue weighted by Crippen LogP contribution is -1.84. The number of hydrogen-bond acceptors (Lipinski definition) is 1. The molecule has 0 unspecified atom stereocenters. The van der Waals surface area contributed by atoms with Gasteiger partial charge in [-0.05, 0) is 28.8 Å². The summed E-state index contributed by atoms with van der Waals surface area (Å²) < 4.78 is 0. The van der Waals surface area contributed by atoms with Gasteiger partial charge in [-0.2, -0.15) is 0 Å². The Balaban J connectivity index is 0.000000386. The van der Waals surface area contributed by atoms with Gasteiger partial charge in [0, 0.05) is 0 Å². The van der Waals surface area contributed by atoms with Gasteiger partial charge >= 0.3 is 0 Å². The normalized spacial score (nSPS) is 9.06. The monoisotopic (exact) mass is 212 g/mol. The van der Waals surface area contributed by atoms with Crippen LogP contribution in [0.2, 0.25) is 0 Å². The summed E-state index contributed by atoms with van der Waals surface area (Å²) in [5.74, 6) is 0. The molecule has 0 fully saturated rings. The van der Waals surface area contributed by atoms with Crippen molar-refractivity contribution in [1.29, 1.82) is 0 Å². The summed E-state index contributed by atoms with van der Waals surface area (Å²) >= 11 is 0. The van der Waals surface area contributed by atoms with Crippen molar-refractivity contribution in [3.8, 4) is 0 Å². The first-order valence-electron chi connectivity index (χ1n) is 5.31. The summed E-state index contributed by atoms with van der Waals surface area (Å²) in [6.45, 7) is 2.22. The fraction of sp³-hybridized carbons (Fsp3) is 0.214. The zero-order chi connectivity index (χ0) is 11.8. The van der Waals surface area contributed by atoms with Crippen LogP contribution in [-0.2, 0) is 11.2 Å². The second-order valence-corrected chi connectivity index (χ2v) is 3.48. The van der Waals surface area contributed by atoms with Gasteiger partial charge in [-0.15, -0.1) is 0 Å². The second kappa shape index (κ2) is 6.54. The molecule has 2 rings (SSSR count). The number of benzene rings is 2. The van der Waals surface area contributed by atoms with Crippen molar-refractivity contribution >= 4 is 16.9 Å². The third-order valence-electron chi connectivity index (χ3n) is 2.40. The maximum Gasteiger partial charge on any atom is -0.0152 e. The molecule has 2 nitrogen and oxygen atoms in total. The fourth-order valence-corrected chi connectivity index (χ4v) is 1.78. The SMILES string of the molecule is CCCc1cccc2ccccc12.[N-]=C=O. The van der Waals surface area contributed by atoms with Gasteiger partial charge in [-0.3, -0.25) is 4.79 Å². The van der Waals surface area contributed by atoms with Crippen molar-refractivity contribution < 1.29 is 4.79 Å². The third-order valence-corrected chi connectivity index (χ3v) is 2.40. The predicted molar refractivity (Wildman–Crippen MR) is 67.0 cm³/mol. The van der Waals surface area contributed by atoms with Crippen LogP contribution < -0.4 is 0 Å². The van der Waals surface area contributed by atoms with Crippen molar-refractivity contribution in [3.05, 3.63) is 53.4 Å². The molecular weight excluding hydrogens is 198 g/mol. The van der Waals surface area contributed by atoms with E-state index in [1.165, 1.54) is 29.2 Å². The standard InChI is InChI=1S/C13H14.CNO/c1-2-6-11-8-5-9-12-7-3-4-10-13(11)12;2-1-3/h3-5,7-10H,2,6H2,1H3;/q;-1. The Morgan fingerprint density at radius 3 is 2.44 bits per heavy atom. The fourth-order valence-electron chi connectivity index (χ4n) is 1.78. The van der Waals surface area contributed by atoms with Crippen LogP contribution in [0.25, 0.3) is 16.2 Å². The van der Waals surface area contributed by atoms with Gasteiger partial charge in [0.2, 0.25) is 0 Å². The van der Waals surface area contributed by atoms with Crippen LogP contribution in [0.3, 0.4) is 0 Å². The first-order valence-corrected chi connectivity index (χ1v) is 5.31. The number of nitrogens with zero attached hydrogens (tertiary/aromatic N) is 1. The van der Waals surface area contributed by atoms with Crippen molar-refractivity contribution in [3.63, 3.8) is 0 Å². The van der Waals surface area contributed by atoms with Gasteiger partial charge in [-0.25, -0.2) is 0 Å². The van der Waals surface area contributed by atoms with Gasteiger partial charge in [0.1, 0.15) is 0 Å². The minimum Gasteiger partial charge on any atom is -0.724 e. The summed E-state index contributed by atoms with van der Waals surface area (Å²) in [6, 6.07) is 15.1. The van der Waals surface area contributed by atoms with E-state index in [1.807, 2.05) is 0 Å². The number of hydrogen-bond donors (Lipinski definition) is 0. The number of carbonyl (C=O) groups excluding carboxylic acids is 1. The Kier molecular flexibility index (Phi) is 4.97. The minimum absolute atomic E-state index is 0.500. The van der Waals surface area contributed by atoms with E-state index in [-0.39, 0.29) is 0 Å². The van der Waals surface area contributed by atoms with Crippen LogP contribution in [0, 0.1) is 0 Å². The lowest BCUT2D eigenvalue weighted by atomic mass is 10.0. The summed E-state index contributed by atoms with van der Waals surface area (Å²) in [6.07, 6.45) is 2.90. The molecule has 0 radical (unpaired) electrons. The molecule has 0 aliphatic rings. The zero-order valence-corrected chi connectivity index (χ0v) is 9.31. The van der Waals surface area contributed by atoms with Crippen molar-refractivity contribution in [2.75, 3.05) is 0 Å². The lowest BCUT2D eigenvalue weighted by Gasteiger charge is -2.03. The van der Waals surface area contributed by atoms with Gasteiger partial charge in [0.15, 0.2) is 0 Å². The highest BCUT2D eigenvalue weighted by atomic mass is 16.1. The molecular formula is C14H14NO-. The van der Waals surface area contributed by atoms with E-state index in [9.17, 15) is 0 Å². The molecule has 2 heteroatoms. The van der Waals surface area contributed by atoms with E-state index in [4.69, 9.17) is 10.2 Å². The van der Waals surface area contributed by atoms with E-state index in [0.717, 1.165) is 0 Å². The first kappa shape index (κ1) is 12.2. The van der Waals surface area contributed by atoms with Crippen molar-refractivity contribution in [1.82, 2.24) is 0 Å². The predicted octanol–water partition coefficient (Wildman–Crippen LogP) is 3.68. The maximum atomic E-state index is 8.24. The average Bonchev–Trinajstić information content (AvgIpc) is 2.31. The Bertz CT molecular complexity index is 480. The van der Waals surface area contributed by atoms with Gasteiger partial charge in [0.05, 0.1) is 0 Å². The summed E-state index contributed by atoms with van der Waals surface area (Å²) in [4.78, 5) is 8.24. The Morgan fingerprint density at radius 2 is 1.75 bits per heavy atom. The molecule has 0 N–H and O–H groups in total. The zero-order valence-electron chi connectivity index (χ0n) is 9.31. The smallest absolute Gasteiger partial charge is 0.0152 e. The first-order chi connectivity index (χ1) is 7.83. The average molecular weight is 212 g/mol. The highest BCUT2D eigenvalue weighted by molar-refractivity contribution is 5.85. The van der Waals surface area contributed by atoms with Crippen LogP contribution in [0.15, 0.2) is 42.5 Å². The Hall–Kier alpha value is -1.92. The molecule has 0 atom stereocenters. The van der Waals surface area contributed by atoms with E-state index in [0.29, 0.717) is 6.08 Å². The molecule has 82 valence electrons. The van der Waals surface area contributed by atoms with Crippen molar-refractivity contribution in [2.24, 2.45) is 0 Å².